The molecule has 0 spiro atoms. The van der Waals surface area contributed by atoms with Gasteiger partial charge in [0.15, 0.2) is 0 Å². The molecule has 1 aliphatic heterocycles. The second-order valence-corrected chi connectivity index (χ2v) is 14.4. The zero-order valence-corrected chi connectivity index (χ0v) is 21.5. The standard InChI is InChI=1S/C27H36N2O3Si/c1-21-17-29(18-22(2)31-21)19-26-28-16-23(32-26)20-30-33(27(3,4)5,24-12-8-6-9-13-24)25-14-10-7-11-15-25/h6-16,21-22H,17-20H2,1-5H3/t21-,22+. The Bertz CT molecular complexity index is 967. The fourth-order valence-corrected chi connectivity index (χ4v) is 9.55. The molecule has 0 aliphatic carbocycles. The van der Waals surface area contributed by atoms with Crippen LogP contribution < -0.4 is 10.4 Å². The number of nitrogens with zero attached hydrogens (tertiary/aromatic N) is 2. The molecule has 1 aromatic heterocycles. The van der Waals surface area contributed by atoms with E-state index in [1.165, 1.54) is 10.4 Å². The molecule has 2 atom stereocenters. The molecular weight excluding hydrogens is 428 g/mol. The van der Waals surface area contributed by atoms with Crippen LogP contribution in [0.5, 0.6) is 0 Å². The van der Waals surface area contributed by atoms with Gasteiger partial charge in [0.05, 0.1) is 31.6 Å². The molecule has 6 heteroatoms. The lowest BCUT2D eigenvalue weighted by Crippen LogP contribution is -2.66. The summed E-state index contributed by atoms with van der Waals surface area (Å²) in [5.41, 5.74) is 0. The summed E-state index contributed by atoms with van der Waals surface area (Å²) in [7, 11) is -2.60. The van der Waals surface area contributed by atoms with E-state index in [4.69, 9.17) is 13.6 Å². The summed E-state index contributed by atoms with van der Waals surface area (Å²) in [6.07, 6.45) is 2.27. The van der Waals surface area contributed by atoms with E-state index in [1.807, 2.05) is 6.20 Å². The number of hydrogen-bond donors (Lipinski definition) is 0. The van der Waals surface area contributed by atoms with Gasteiger partial charge in [0, 0.05) is 13.1 Å². The highest BCUT2D eigenvalue weighted by molar-refractivity contribution is 6.99. The monoisotopic (exact) mass is 464 g/mol. The van der Waals surface area contributed by atoms with Crippen molar-refractivity contribution in [3.8, 4) is 0 Å². The van der Waals surface area contributed by atoms with Crippen LogP contribution in [0.1, 0.15) is 46.3 Å². The molecule has 5 nitrogen and oxygen atoms in total. The predicted molar refractivity (Wildman–Crippen MR) is 134 cm³/mol. The molecule has 176 valence electrons. The lowest BCUT2D eigenvalue weighted by Gasteiger charge is -2.42. The van der Waals surface area contributed by atoms with Crippen molar-refractivity contribution in [2.75, 3.05) is 13.1 Å². The first-order chi connectivity index (χ1) is 15.8. The third-order valence-corrected chi connectivity index (χ3v) is 11.3. The highest BCUT2D eigenvalue weighted by Crippen LogP contribution is 2.37. The Hall–Kier alpha value is -2.25. The van der Waals surface area contributed by atoms with Gasteiger partial charge in [-0.1, -0.05) is 81.4 Å². The zero-order valence-electron chi connectivity index (χ0n) is 20.5. The minimum atomic E-state index is -2.60. The smallest absolute Gasteiger partial charge is 0.261 e. The van der Waals surface area contributed by atoms with Crippen LogP contribution in [0.3, 0.4) is 0 Å². The Morgan fingerprint density at radius 2 is 1.48 bits per heavy atom. The lowest BCUT2D eigenvalue weighted by molar-refractivity contribution is -0.0722. The molecule has 0 saturated carbocycles. The molecule has 4 rings (SSSR count). The summed E-state index contributed by atoms with van der Waals surface area (Å²) in [4.78, 5) is 6.90. The van der Waals surface area contributed by atoms with Gasteiger partial charge in [0.2, 0.25) is 5.89 Å². The first-order valence-corrected chi connectivity index (χ1v) is 13.7. The van der Waals surface area contributed by atoms with E-state index in [9.17, 15) is 0 Å². The molecule has 0 amide bonds. The van der Waals surface area contributed by atoms with E-state index in [2.05, 4.69) is 105 Å². The highest BCUT2D eigenvalue weighted by atomic mass is 28.4. The van der Waals surface area contributed by atoms with Gasteiger partial charge < -0.3 is 13.6 Å². The molecule has 0 bridgehead atoms. The Kier molecular flexibility index (Phi) is 7.19. The van der Waals surface area contributed by atoms with Crippen molar-refractivity contribution in [3.63, 3.8) is 0 Å². The van der Waals surface area contributed by atoms with Crippen molar-refractivity contribution in [1.29, 1.82) is 0 Å². The van der Waals surface area contributed by atoms with Crippen molar-refractivity contribution in [1.82, 2.24) is 9.88 Å². The summed E-state index contributed by atoms with van der Waals surface area (Å²) in [5, 5.41) is 2.46. The number of hydrogen-bond acceptors (Lipinski definition) is 5. The summed E-state index contributed by atoms with van der Waals surface area (Å²) < 4.78 is 18.9. The molecule has 1 fully saturated rings. The molecule has 2 heterocycles. The first-order valence-electron chi connectivity index (χ1n) is 11.8. The lowest BCUT2D eigenvalue weighted by atomic mass is 10.2. The molecule has 33 heavy (non-hydrogen) atoms. The number of ether oxygens (including phenoxy) is 1. The third-order valence-electron chi connectivity index (χ3n) is 6.30. The molecule has 0 radical (unpaired) electrons. The van der Waals surface area contributed by atoms with Gasteiger partial charge >= 0.3 is 0 Å². The second-order valence-electron chi connectivity index (χ2n) is 10.1. The quantitative estimate of drug-likeness (QED) is 0.486. The predicted octanol–water partition coefficient (Wildman–Crippen LogP) is 4.36. The van der Waals surface area contributed by atoms with Crippen molar-refractivity contribution in [2.24, 2.45) is 0 Å². The minimum Gasteiger partial charge on any atom is -0.442 e. The second kappa shape index (κ2) is 9.93. The normalized spacial score (nSPS) is 20.2. The van der Waals surface area contributed by atoms with Gasteiger partial charge in [-0.3, -0.25) is 4.90 Å². The van der Waals surface area contributed by atoms with Gasteiger partial charge in [-0.25, -0.2) is 4.98 Å². The maximum atomic E-state index is 6.96. The fraction of sp³-hybridized carbons (Fsp3) is 0.444. The van der Waals surface area contributed by atoms with Crippen molar-refractivity contribution >= 4 is 18.7 Å². The van der Waals surface area contributed by atoms with Gasteiger partial charge in [-0.15, -0.1) is 0 Å². The van der Waals surface area contributed by atoms with E-state index in [1.54, 1.807) is 0 Å². The van der Waals surface area contributed by atoms with Gasteiger partial charge in [0.1, 0.15) is 5.76 Å². The van der Waals surface area contributed by atoms with Crippen molar-refractivity contribution in [2.45, 2.75) is 65.0 Å². The molecule has 1 saturated heterocycles. The molecule has 3 aromatic rings. The first kappa shape index (κ1) is 23.9. The third kappa shape index (κ3) is 5.30. The largest absolute Gasteiger partial charge is 0.442 e. The Morgan fingerprint density at radius 1 is 0.939 bits per heavy atom. The summed E-state index contributed by atoms with van der Waals surface area (Å²) in [5.74, 6) is 1.50. The number of benzene rings is 2. The Labute approximate surface area is 198 Å². The highest BCUT2D eigenvalue weighted by Gasteiger charge is 2.50. The van der Waals surface area contributed by atoms with Crippen molar-refractivity contribution in [3.05, 3.63) is 78.5 Å². The summed E-state index contributed by atoms with van der Waals surface area (Å²) >= 11 is 0. The van der Waals surface area contributed by atoms with Gasteiger partial charge in [0.25, 0.3) is 8.32 Å². The number of aromatic nitrogens is 1. The minimum absolute atomic E-state index is 0.0708. The molecule has 0 N–H and O–H groups in total. The number of oxazole rings is 1. The van der Waals surface area contributed by atoms with Crippen LogP contribution in [0.15, 0.2) is 71.3 Å². The van der Waals surface area contributed by atoms with Crippen LogP contribution in [0.25, 0.3) is 0 Å². The van der Waals surface area contributed by atoms with E-state index >= 15 is 0 Å². The van der Waals surface area contributed by atoms with Crippen LogP contribution in [0, 0.1) is 0 Å². The molecule has 1 aliphatic rings. The Morgan fingerprint density at radius 3 is 2.00 bits per heavy atom. The number of morpholine rings is 1. The fourth-order valence-electron chi connectivity index (χ4n) is 5.03. The SMILES string of the molecule is C[C@@H]1CN(Cc2ncc(CO[Si](c3ccccc3)(c3ccccc3)C(C)(C)C)o2)C[C@H](C)O1. The topological polar surface area (TPSA) is 47.7 Å². The van der Waals surface area contributed by atoms with E-state index in [0.717, 1.165) is 24.7 Å². The molecular formula is C27H36N2O3Si. The van der Waals surface area contributed by atoms with Crippen LogP contribution in [-0.2, 0) is 22.3 Å². The number of rotatable bonds is 7. The molecule has 0 unspecified atom stereocenters. The summed E-state index contributed by atoms with van der Waals surface area (Å²) in [6.45, 7) is 13.9. The maximum absolute atomic E-state index is 6.96. The van der Waals surface area contributed by atoms with Crippen molar-refractivity contribution < 1.29 is 13.6 Å². The summed E-state index contributed by atoms with van der Waals surface area (Å²) in [6, 6.07) is 21.4. The van der Waals surface area contributed by atoms with Gasteiger partial charge in [-0.05, 0) is 29.3 Å². The van der Waals surface area contributed by atoms with E-state index in [0.29, 0.717) is 13.2 Å². The average molecular weight is 465 g/mol. The Balaban J connectivity index is 1.57. The maximum Gasteiger partial charge on any atom is 0.261 e. The zero-order chi connectivity index (χ0) is 23.5. The van der Waals surface area contributed by atoms with Crippen LogP contribution in [-0.4, -0.2) is 43.5 Å². The van der Waals surface area contributed by atoms with E-state index in [-0.39, 0.29) is 17.2 Å². The van der Waals surface area contributed by atoms with Gasteiger partial charge in [-0.2, -0.15) is 0 Å². The average Bonchev–Trinajstić information content (AvgIpc) is 3.21. The van der Waals surface area contributed by atoms with Crippen LogP contribution in [0.2, 0.25) is 5.04 Å². The molecule has 2 aromatic carbocycles. The van der Waals surface area contributed by atoms with E-state index < -0.39 is 8.32 Å². The van der Waals surface area contributed by atoms with Crippen LogP contribution in [0.4, 0.5) is 0 Å². The van der Waals surface area contributed by atoms with Crippen LogP contribution >= 0.6 is 0 Å².